The Morgan fingerprint density at radius 1 is 1.27 bits per heavy atom. The number of carbonyl (C=O) groups is 1. The second-order valence-electron chi connectivity index (χ2n) is 9.15. The highest BCUT2D eigenvalue weighted by atomic mass is 28.4. The number of carbonyl (C=O) groups excluding carboxylic acids is 1. The number of hydrogen-bond acceptors (Lipinski definition) is 5. The SMILES string of the molecule is C=C[C@@H](CC=O)[C@H](OC)[C@@H](O[Si](C)(C)C(C)(C)C)[C@H]1OC(C)(C)O[C@@H]1C. The van der Waals surface area contributed by atoms with Crippen LogP contribution in [0, 0.1) is 5.92 Å². The molecule has 0 N–H and O–H groups in total. The van der Waals surface area contributed by atoms with Crippen LogP contribution in [0.15, 0.2) is 12.7 Å². The van der Waals surface area contributed by atoms with Crippen LogP contribution >= 0.6 is 0 Å². The van der Waals surface area contributed by atoms with Gasteiger partial charge in [-0.1, -0.05) is 26.8 Å². The summed E-state index contributed by atoms with van der Waals surface area (Å²) in [4.78, 5) is 11.2. The fourth-order valence-electron chi connectivity index (χ4n) is 3.17. The maximum absolute atomic E-state index is 11.2. The Labute approximate surface area is 160 Å². The number of hydrogen-bond donors (Lipinski definition) is 0. The third kappa shape index (κ3) is 5.49. The monoisotopic (exact) mass is 386 g/mol. The smallest absolute Gasteiger partial charge is 0.192 e. The molecule has 6 heteroatoms. The van der Waals surface area contributed by atoms with Crippen LogP contribution in [0.4, 0.5) is 0 Å². The molecule has 1 rings (SSSR count). The van der Waals surface area contributed by atoms with Crippen molar-refractivity contribution in [3.63, 3.8) is 0 Å². The van der Waals surface area contributed by atoms with E-state index in [1.54, 1.807) is 13.2 Å². The lowest BCUT2D eigenvalue weighted by Crippen LogP contribution is -2.55. The van der Waals surface area contributed by atoms with E-state index in [1.165, 1.54) is 0 Å². The fourth-order valence-corrected chi connectivity index (χ4v) is 4.47. The first-order valence-corrected chi connectivity index (χ1v) is 12.3. The Bertz CT molecular complexity index is 483. The van der Waals surface area contributed by atoms with E-state index < -0.39 is 14.1 Å². The molecule has 0 spiro atoms. The Kier molecular flexibility index (Phi) is 7.82. The normalized spacial score (nSPS) is 27.0. The lowest BCUT2D eigenvalue weighted by molar-refractivity contribution is -0.164. The third-order valence-corrected chi connectivity index (χ3v) is 10.1. The zero-order valence-electron chi connectivity index (χ0n) is 18.0. The highest BCUT2D eigenvalue weighted by Gasteiger charge is 2.50. The minimum absolute atomic E-state index is 0.0378. The first-order chi connectivity index (χ1) is 11.8. The van der Waals surface area contributed by atoms with E-state index in [9.17, 15) is 4.79 Å². The maximum Gasteiger partial charge on any atom is 0.192 e. The fraction of sp³-hybridized carbons (Fsp3) is 0.850. The van der Waals surface area contributed by atoms with Crippen LogP contribution < -0.4 is 0 Å². The van der Waals surface area contributed by atoms with Gasteiger partial charge in [-0.2, -0.15) is 0 Å². The van der Waals surface area contributed by atoms with Gasteiger partial charge in [-0.05, 0) is 38.9 Å². The topological polar surface area (TPSA) is 54.0 Å². The minimum Gasteiger partial charge on any atom is -0.408 e. The van der Waals surface area contributed by atoms with Gasteiger partial charge in [0, 0.05) is 19.4 Å². The van der Waals surface area contributed by atoms with Crippen molar-refractivity contribution in [3.05, 3.63) is 12.7 Å². The van der Waals surface area contributed by atoms with Crippen LogP contribution in [0.25, 0.3) is 0 Å². The second-order valence-corrected chi connectivity index (χ2v) is 13.9. The average Bonchev–Trinajstić information content (AvgIpc) is 2.77. The van der Waals surface area contributed by atoms with Gasteiger partial charge in [0.05, 0.1) is 12.2 Å². The molecule has 1 aliphatic heterocycles. The maximum atomic E-state index is 11.2. The summed E-state index contributed by atoms with van der Waals surface area (Å²) < 4.78 is 24.8. The Balaban J connectivity index is 3.28. The predicted octanol–water partition coefficient (Wildman–Crippen LogP) is 4.32. The van der Waals surface area contributed by atoms with Crippen molar-refractivity contribution in [1.29, 1.82) is 0 Å². The zero-order valence-corrected chi connectivity index (χ0v) is 19.0. The van der Waals surface area contributed by atoms with E-state index in [1.807, 2.05) is 20.8 Å². The Morgan fingerprint density at radius 2 is 1.85 bits per heavy atom. The van der Waals surface area contributed by atoms with Gasteiger partial charge >= 0.3 is 0 Å². The van der Waals surface area contributed by atoms with Crippen molar-refractivity contribution < 1.29 is 23.4 Å². The van der Waals surface area contributed by atoms with E-state index in [-0.39, 0.29) is 35.4 Å². The molecule has 1 heterocycles. The molecule has 0 amide bonds. The van der Waals surface area contributed by atoms with E-state index in [4.69, 9.17) is 18.6 Å². The summed E-state index contributed by atoms with van der Waals surface area (Å²) in [7, 11) is -0.458. The summed E-state index contributed by atoms with van der Waals surface area (Å²) in [6.45, 7) is 20.7. The summed E-state index contributed by atoms with van der Waals surface area (Å²) in [5, 5.41) is 0.0378. The van der Waals surface area contributed by atoms with Crippen LogP contribution in [0.5, 0.6) is 0 Å². The minimum atomic E-state index is -2.11. The summed E-state index contributed by atoms with van der Waals surface area (Å²) in [5.74, 6) is -0.821. The van der Waals surface area contributed by atoms with Crippen LogP contribution in [-0.4, -0.2) is 51.9 Å². The van der Waals surface area contributed by atoms with Gasteiger partial charge in [0.2, 0.25) is 0 Å². The number of ether oxygens (including phenoxy) is 3. The molecule has 26 heavy (non-hydrogen) atoms. The van der Waals surface area contributed by atoms with Crippen molar-refractivity contribution >= 4 is 14.6 Å². The summed E-state index contributed by atoms with van der Waals surface area (Å²) >= 11 is 0. The Morgan fingerprint density at radius 3 is 2.19 bits per heavy atom. The molecule has 0 unspecified atom stereocenters. The van der Waals surface area contributed by atoms with Crippen LogP contribution in [-0.2, 0) is 23.4 Å². The first kappa shape index (κ1) is 23.5. The van der Waals surface area contributed by atoms with Crippen LogP contribution in [0.2, 0.25) is 18.1 Å². The zero-order chi connectivity index (χ0) is 20.3. The van der Waals surface area contributed by atoms with Gasteiger partial charge in [-0.15, -0.1) is 6.58 Å². The Hall–Kier alpha value is -0.533. The standard InChI is InChI=1S/C20H38O5Si/c1-11-15(12-13-21)17(22-8)18(25-26(9,10)19(3,4)5)16-14(2)23-20(6,7)24-16/h11,13-18H,1,12H2,2-10H3/t14-,15+,16+,17+,18+/m1/s1. The van der Waals surface area contributed by atoms with Gasteiger partial charge in [0.1, 0.15) is 18.5 Å². The molecule has 1 aliphatic rings. The highest BCUT2D eigenvalue weighted by molar-refractivity contribution is 6.74. The van der Waals surface area contributed by atoms with E-state index in [0.29, 0.717) is 6.42 Å². The van der Waals surface area contributed by atoms with Crippen molar-refractivity contribution in [3.8, 4) is 0 Å². The second kappa shape index (κ2) is 8.65. The van der Waals surface area contributed by atoms with Crippen molar-refractivity contribution in [2.24, 2.45) is 5.92 Å². The largest absolute Gasteiger partial charge is 0.408 e. The molecule has 1 saturated heterocycles. The van der Waals surface area contributed by atoms with Crippen molar-refractivity contribution in [1.82, 2.24) is 0 Å². The molecule has 0 aromatic heterocycles. The number of aldehydes is 1. The molecule has 0 radical (unpaired) electrons. The lowest BCUT2D eigenvalue weighted by atomic mass is 9.91. The molecule has 0 bridgehead atoms. The van der Waals surface area contributed by atoms with Gasteiger partial charge in [0.25, 0.3) is 0 Å². The van der Waals surface area contributed by atoms with Gasteiger partial charge in [0.15, 0.2) is 14.1 Å². The molecule has 5 nitrogen and oxygen atoms in total. The van der Waals surface area contributed by atoms with Crippen LogP contribution in [0.3, 0.4) is 0 Å². The molecule has 152 valence electrons. The molecule has 0 aliphatic carbocycles. The van der Waals surface area contributed by atoms with Crippen LogP contribution in [0.1, 0.15) is 48.0 Å². The van der Waals surface area contributed by atoms with E-state index in [2.05, 4.69) is 40.4 Å². The summed E-state index contributed by atoms with van der Waals surface area (Å²) in [5.41, 5.74) is 0. The third-order valence-electron chi connectivity index (χ3n) is 5.60. The molecule has 0 aromatic carbocycles. The van der Waals surface area contributed by atoms with E-state index >= 15 is 0 Å². The summed E-state index contributed by atoms with van der Waals surface area (Å²) in [6.07, 6.45) is 1.91. The highest BCUT2D eigenvalue weighted by Crippen LogP contribution is 2.41. The molecular formula is C20H38O5Si. The number of methoxy groups -OCH3 is 1. The molecule has 0 saturated carbocycles. The van der Waals surface area contributed by atoms with Gasteiger partial charge < -0.3 is 23.4 Å². The molecule has 1 fully saturated rings. The quantitative estimate of drug-likeness (QED) is 0.335. The van der Waals surface area contributed by atoms with Gasteiger partial charge in [-0.25, -0.2) is 0 Å². The average molecular weight is 387 g/mol. The predicted molar refractivity (Wildman–Crippen MR) is 107 cm³/mol. The molecular weight excluding hydrogens is 348 g/mol. The summed E-state index contributed by atoms with van der Waals surface area (Å²) in [6, 6.07) is 0. The van der Waals surface area contributed by atoms with Gasteiger partial charge in [-0.3, -0.25) is 0 Å². The molecule has 5 atom stereocenters. The first-order valence-electron chi connectivity index (χ1n) is 9.42. The number of rotatable bonds is 9. The lowest BCUT2D eigenvalue weighted by Gasteiger charge is -2.44. The van der Waals surface area contributed by atoms with Crippen molar-refractivity contribution in [2.75, 3.05) is 7.11 Å². The molecule has 0 aromatic rings. The van der Waals surface area contributed by atoms with Crippen molar-refractivity contribution in [2.45, 2.75) is 96.3 Å². The van der Waals surface area contributed by atoms with E-state index in [0.717, 1.165) is 6.29 Å².